The summed E-state index contributed by atoms with van der Waals surface area (Å²) in [6.07, 6.45) is 0.698. The van der Waals surface area contributed by atoms with Gasteiger partial charge in [-0.1, -0.05) is 12.1 Å². The molecule has 0 bridgehead atoms. The van der Waals surface area contributed by atoms with Gasteiger partial charge in [0, 0.05) is 38.3 Å². The Morgan fingerprint density at radius 1 is 1.20 bits per heavy atom. The lowest BCUT2D eigenvalue weighted by atomic mass is 10.0. The number of piperazine rings is 1. The highest BCUT2D eigenvalue weighted by Crippen LogP contribution is 2.21. The Balaban J connectivity index is 1.45. The number of benzene rings is 1. The maximum atomic E-state index is 12.1. The molecule has 1 fully saturated rings. The lowest BCUT2D eigenvalue weighted by Crippen LogP contribution is -2.50. The van der Waals surface area contributed by atoms with Crippen LogP contribution < -0.4 is 0 Å². The molecule has 2 aliphatic rings. The van der Waals surface area contributed by atoms with Crippen molar-refractivity contribution < 1.29 is 19.1 Å². The molecule has 0 aromatic heterocycles. The fraction of sp³-hybridized carbons (Fsp3) is 0.579. The third-order valence-corrected chi connectivity index (χ3v) is 4.49. The monoisotopic (exact) mass is 346 g/mol. The molecule has 3 rings (SSSR count). The molecule has 0 aliphatic carbocycles. The van der Waals surface area contributed by atoms with E-state index < -0.39 is 5.60 Å². The van der Waals surface area contributed by atoms with E-state index in [1.807, 2.05) is 32.9 Å². The second-order valence-electron chi connectivity index (χ2n) is 7.63. The number of fused-ring (bicyclic) bond motifs is 1. The number of cyclic esters (lactones) is 1. The summed E-state index contributed by atoms with van der Waals surface area (Å²) >= 11 is 0. The van der Waals surface area contributed by atoms with Gasteiger partial charge in [-0.15, -0.1) is 0 Å². The van der Waals surface area contributed by atoms with E-state index in [-0.39, 0.29) is 12.1 Å². The molecule has 0 unspecified atom stereocenters. The number of carbonyl (C=O) groups excluding carboxylic acids is 2. The maximum absolute atomic E-state index is 12.1. The van der Waals surface area contributed by atoms with Crippen molar-refractivity contribution in [1.29, 1.82) is 0 Å². The number of esters is 1. The summed E-state index contributed by atoms with van der Waals surface area (Å²) in [4.78, 5) is 27.7. The number of ether oxygens (including phenoxy) is 2. The van der Waals surface area contributed by atoms with Crippen molar-refractivity contribution in [3.05, 3.63) is 34.9 Å². The van der Waals surface area contributed by atoms with Crippen molar-refractivity contribution >= 4 is 12.1 Å². The standard InChI is InChI=1S/C19H26N2O4/c1-19(2,3)25-18(23)21-10-8-20(9-11-21)7-6-14-4-5-16-15(12-14)13-24-17(16)22/h4-5,12H,6-11,13H2,1-3H3. The first kappa shape index (κ1) is 17.7. The zero-order valence-corrected chi connectivity index (χ0v) is 15.2. The average Bonchev–Trinajstić information content (AvgIpc) is 2.92. The second-order valence-corrected chi connectivity index (χ2v) is 7.63. The van der Waals surface area contributed by atoms with Gasteiger partial charge in [0.05, 0.1) is 5.56 Å². The Hall–Kier alpha value is -2.08. The normalized spacial score (nSPS) is 18.0. The van der Waals surface area contributed by atoms with Gasteiger partial charge in [0.15, 0.2) is 0 Å². The van der Waals surface area contributed by atoms with Crippen LogP contribution in [0.25, 0.3) is 0 Å². The Kier molecular flexibility index (Phi) is 4.99. The fourth-order valence-electron chi connectivity index (χ4n) is 3.11. The van der Waals surface area contributed by atoms with Crippen molar-refractivity contribution in [2.24, 2.45) is 0 Å². The van der Waals surface area contributed by atoms with Gasteiger partial charge in [0.1, 0.15) is 12.2 Å². The van der Waals surface area contributed by atoms with Crippen molar-refractivity contribution in [1.82, 2.24) is 9.80 Å². The summed E-state index contributed by atoms with van der Waals surface area (Å²) in [7, 11) is 0. The van der Waals surface area contributed by atoms with Crippen molar-refractivity contribution in [3.63, 3.8) is 0 Å². The van der Waals surface area contributed by atoms with Crippen LogP contribution in [0.4, 0.5) is 4.79 Å². The first-order chi connectivity index (χ1) is 11.8. The van der Waals surface area contributed by atoms with Gasteiger partial charge < -0.3 is 14.4 Å². The molecule has 0 saturated carbocycles. The van der Waals surface area contributed by atoms with Crippen LogP contribution in [0, 0.1) is 0 Å². The molecule has 136 valence electrons. The van der Waals surface area contributed by atoms with Crippen LogP contribution >= 0.6 is 0 Å². The van der Waals surface area contributed by atoms with Gasteiger partial charge in [-0.3, -0.25) is 4.90 Å². The SMILES string of the molecule is CC(C)(C)OC(=O)N1CCN(CCc2ccc3c(c2)COC3=O)CC1. The van der Waals surface area contributed by atoms with Crippen LogP contribution in [0.15, 0.2) is 18.2 Å². The molecule has 2 aliphatic heterocycles. The van der Waals surface area contributed by atoms with Crippen LogP contribution in [0.2, 0.25) is 0 Å². The number of nitrogens with zero attached hydrogens (tertiary/aromatic N) is 2. The Morgan fingerprint density at radius 3 is 2.60 bits per heavy atom. The minimum absolute atomic E-state index is 0.222. The van der Waals surface area contributed by atoms with Crippen molar-refractivity contribution in [2.45, 2.75) is 39.4 Å². The summed E-state index contributed by atoms with van der Waals surface area (Å²) in [5.41, 5.74) is 2.44. The van der Waals surface area contributed by atoms with Gasteiger partial charge >= 0.3 is 12.1 Å². The zero-order chi connectivity index (χ0) is 18.0. The highest BCUT2D eigenvalue weighted by atomic mass is 16.6. The molecule has 1 saturated heterocycles. The molecular formula is C19H26N2O4. The molecule has 0 radical (unpaired) electrons. The Bertz CT molecular complexity index is 658. The van der Waals surface area contributed by atoms with E-state index in [0.29, 0.717) is 25.3 Å². The summed E-state index contributed by atoms with van der Waals surface area (Å²) in [6, 6.07) is 5.93. The molecule has 6 heteroatoms. The largest absolute Gasteiger partial charge is 0.457 e. The van der Waals surface area contributed by atoms with Gasteiger partial charge in [0.2, 0.25) is 0 Å². The number of carbonyl (C=O) groups is 2. The lowest BCUT2D eigenvalue weighted by Gasteiger charge is -2.35. The quantitative estimate of drug-likeness (QED) is 0.787. The molecule has 6 nitrogen and oxygen atoms in total. The van der Waals surface area contributed by atoms with E-state index >= 15 is 0 Å². The predicted octanol–water partition coefficient (Wildman–Crippen LogP) is 2.45. The first-order valence-corrected chi connectivity index (χ1v) is 8.81. The predicted molar refractivity (Wildman–Crippen MR) is 93.5 cm³/mol. The van der Waals surface area contributed by atoms with Crippen LogP contribution in [0.3, 0.4) is 0 Å². The molecular weight excluding hydrogens is 320 g/mol. The van der Waals surface area contributed by atoms with E-state index in [9.17, 15) is 9.59 Å². The summed E-state index contributed by atoms with van der Waals surface area (Å²) in [5, 5.41) is 0. The topological polar surface area (TPSA) is 59.1 Å². The molecule has 0 atom stereocenters. The van der Waals surface area contributed by atoms with Crippen LogP contribution in [0.5, 0.6) is 0 Å². The Morgan fingerprint density at radius 2 is 1.92 bits per heavy atom. The molecule has 1 amide bonds. The lowest BCUT2D eigenvalue weighted by molar-refractivity contribution is 0.0146. The van der Waals surface area contributed by atoms with Crippen LogP contribution in [0.1, 0.15) is 42.3 Å². The Labute approximate surface area is 148 Å². The highest BCUT2D eigenvalue weighted by molar-refractivity contribution is 5.93. The average molecular weight is 346 g/mol. The number of hydrogen-bond donors (Lipinski definition) is 0. The van der Waals surface area contributed by atoms with Gasteiger partial charge in [-0.25, -0.2) is 9.59 Å². The van der Waals surface area contributed by atoms with Crippen molar-refractivity contribution in [2.75, 3.05) is 32.7 Å². The highest BCUT2D eigenvalue weighted by Gasteiger charge is 2.26. The van der Waals surface area contributed by atoms with Crippen LogP contribution in [-0.2, 0) is 22.5 Å². The molecule has 0 N–H and O–H groups in total. The summed E-state index contributed by atoms with van der Waals surface area (Å²) < 4.78 is 10.5. The number of hydrogen-bond acceptors (Lipinski definition) is 5. The molecule has 1 aromatic rings. The van der Waals surface area contributed by atoms with E-state index in [4.69, 9.17) is 9.47 Å². The number of amides is 1. The molecule has 2 heterocycles. The number of rotatable bonds is 3. The molecule has 25 heavy (non-hydrogen) atoms. The molecule has 0 spiro atoms. The smallest absolute Gasteiger partial charge is 0.410 e. The third-order valence-electron chi connectivity index (χ3n) is 4.49. The van der Waals surface area contributed by atoms with Gasteiger partial charge in [0.25, 0.3) is 0 Å². The zero-order valence-electron chi connectivity index (χ0n) is 15.2. The maximum Gasteiger partial charge on any atom is 0.410 e. The third kappa shape index (κ3) is 4.51. The van der Waals surface area contributed by atoms with E-state index in [1.54, 1.807) is 4.90 Å². The minimum atomic E-state index is -0.452. The van der Waals surface area contributed by atoms with E-state index in [1.165, 1.54) is 5.56 Å². The first-order valence-electron chi connectivity index (χ1n) is 8.81. The van der Waals surface area contributed by atoms with Gasteiger partial charge in [-0.05, 0) is 38.8 Å². The summed E-state index contributed by atoms with van der Waals surface area (Å²) in [5.74, 6) is -0.222. The van der Waals surface area contributed by atoms with Gasteiger partial charge in [-0.2, -0.15) is 0 Å². The van der Waals surface area contributed by atoms with E-state index in [0.717, 1.165) is 31.6 Å². The van der Waals surface area contributed by atoms with E-state index in [2.05, 4.69) is 11.0 Å². The van der Waals surface area contributed by atoms with Crippen molar-refractivity contribution in [3.8, 4) is 0 Å². The second kappa shape index (κ2) is 7.04. The van der Waals surface area contributed by atoms with Crippen LogP contribution in [-0.4, -0.2) is 60.2 Å². The minimum Gasteiger partial charge on any atom is -0.457 e. The summed E-state index contributed by atoms with van der Waals surface area (Å²) in [6.45, 7) is 10.1. The molecule has 1 aromatic carbocycles. The fourth-order valence-corrected chi connectivity index (χ4v) is 3.11.